The van der Waals surface area contributed by atoms with E-state index in [2.05, 4.69) is 0 Å². The number of nitro benzene ring substituents is 1. The maximum absolute atomic E-state index is 12.8. The van der Waals surface area contributed by atoms with E-state index in [0.717, 1.165) is 6.07 Å². The van der Waals surface area contributed by atoms with Crippen LogP contribution in [0, 0.1) is 10.1 Å². The van der Waals surface area contributed by atoms with Crippen LogP contribution in [-0.4, -0.2) is 74.8 Å². The number of hydrogen-bond donors (Lipinski definition) is 0. The van der Waals surface area contributed by atoms with Crippen LogP contribution in [0.25, 0.3) is 0 Å². The van der Waals surface area contributed by atoms with Gasteiger partial charge in [-0.05, 0) is 30.3 Å². The molecule has 0 unspecified atom stereocenters. The second-order valence-corrected chi connectivity index (χ2v) is 9.45. The molecule has 0 radical (unpaired) electrons. The number of piperazine rings is 1. The number of benzene rings is 2. The lowest BCUT2D eigenvalue weighted by Gasteiger charge is -2.36. The highest BCUT2D eigenvalue weighted by Crippen LogP contribution is 2.32. The third-order valence-corrected chi connectivity index (χ3v) is 7.76. The second kappa shape index (κ2) is 10.2. The van der Waals surface area contributed by atoms with Gasteiger partial charge in [0.15, 0.2) is 0 Å². The zero-order chi connectivity index (χ0) is 24.2. The Labute approximate surface area is 193 Å². The van der Waals surface area contributed by atoms with Gasteiger partial charge in [-0.2, -0.15) is 4.31 Å². The van der Waals surface area contributed by atoms with Gasteiger partial charge in [-0.3, -0.25) is 14.9 Å². The molecule has 2 aromatic rings. The Bertz CT molecular complexity index is 1130. The smallest absolute Gasteiger partial charge is 0.293 e. The molecule has 0 atom stereocenters. The molecule has 178 valence electrons. The van der Waals surface area contributed by atoms with E-state index >= 15 is 0 Å². The van der Waals surface area contributed by atoms with E-state index in [-0.39, 0.29) is 29.6 Å². The van der Waals surface area contributed by atoms with Crippen LogP contribution in [0.1, 0.15) is 24.2 Å². The summed E-state index contributed by atoms with van der Waals surface area (Å²) in [4.78, 5) is 27.4. The summed E-state index contributed by atoms with van der Waals surface area (Å²) in [5, 5.41) is 11.8. The first-order valence-electron chi connectivity index (χ1n) is 10.7. The average molecular weight is 477 g/mol. The molecule has 1 aliphatic rings. The molecule has 1 fully saturated rings. The Morgan fingerprint density at radius 3 is 2.33 bits per heavy atom. The Morgan fingerprint density at radius 2 is 1.76 bits per heavy atom. The molecule has 33 heavy (non-hydrogen) atoms. The summed E-state index contributed by atoms with van der Waals surface area (Å²) in [5.74, 6) is 0.457. The number of hydrogen-bond acceptors (Lipinski definition) is 7. The molecule has 0 aliphatic carbocycles. The van der Waals surface area contributed by atoms with Crippen molar-refractivity contribution in [1.82, 2.24) is 9.21 Å². The summed E-state index contributed by atoms with van der Waals surface area (Å²) >= 11 is 0. The molecule has 11 heteroatoms. The van der Waals surface area contributed by atoms with Crippen LogP contribution in [-0.2, 0) is 10.0 Å². The second-order valence-electron chi connectivity index (χ2n) is 7.51. The van der Waals surface area contributed by atoms with Gasteiger partial charge in [-0.25, -0.2) is 8.42 Å². The molecule has 3 rings (SSSR count). The summed E-state index contributed by atoms with van der Waals surface area (Å²) in [6.45, 7) is 5.53. The summed E-state index contributed by atoms with van der Waals surface area (Å²) in [6.07, 6.45) is 0. The largest absolute Gasteiger partial charge is 0.497 e. The molecule has 1 amide bonds. The zero-order valence-corrected chi connectivity index (χ0v) is 19.7. The number of carbonyl (C=O) groups is 1. The molecule has 10 nitrogen and oxygen atoms in total. The highest BCUT2D eigenvalue weighted by atomic mass is 32.2. The lowest BCUT2D eigenvalue weighted by atomic mass is 10.1. The molecule has 0 N–H and O–H groups in total. The maximum Gasteiger partial charge on any atom is 0.293 e. The number of nitro groups is 1. The normalized spacial score (nSPS) is 14.4. The third kappa shape index (κ3) is 5.09. The van der Waals surface area contributed by atoms with Crippen LogP contribution in [0.3, 0.4) is 0 Å². The Morgan fingerprint density at radius 1 is 1.09 bits per heavy atom. The van der Waals surface area contributed by atoms with Gasteiger partial charge in [0.25, 0.3) is 11.6 Å². The van der Waals surface area contributed by atoms with Gasteiger partial charge in [0, 0.05) is 50.9 Å². The van der Waals surface area contributed by atoms with Gasteiger partial charge in [-0.15, -0.1) is 0 Å². The summed E-state index contributed by atoms with van der Waals surface area (Å²) < 4.78 is 32.0. The number of anilines is 1. The summed E-state index contributed by atoms with van der Waals surface area (Å²) in [7, 11) is -2.28. The van der Waals surface area contributed by atoms with Gasteiger partial charge >= 0.3 is 0 Å². The first-order valence-corrected chi connectivity index (χ1v) is 12.1. The summed E-state index contributed by atoms with van der Waals surface area (Å²) in [5.41, 5.74) is 0.586. The van der Waals surface area contributed by atoms with Crippen molar-refractivity contribution in [3.63, 3.8) is 0 Å². The van der Waals surface area contributed by atoms with Crippen LogP contribution < -0.4 is 9.64 Å². The van der Waals surface area contributed by atoms with E-state index in [1.807, 2.05) is 0 Å². The first kappa shape index (κ1) is 24.5. The van der Waals surface area contributed by atoms with Crippen molar-refractivity contribution < 1.29 is 22.9 Å². The minimum Gasteiger partial charge on any atom is -0.497 e. The van der Waals surface area contributed by atoms with Crippen LogP contribution in [0.15, 0.2) is 47.4 Å². The molecule has 0 spiro atoms. The van der Waals surface area contributed by atoms with Gasteiger partial charge in [0.1, 0.15) is 11.4 Å². The number of sulfonamides is 1. The lowest BCUT2D eigenvalue weighted by Crippen LogP contribution is -2.49. The predicted molar refractivity (Wildman–Crippen MR) is 124 cm³/mol. The predicted octanol–water partition coefficient (Wildman–Crippen LogP) is 2.60. The van der Waals surface area contributed by atoms with Gasteiger partial charge in [-0.1, -0.05) is 19.9 Å². The topological polar surface area (TPSA) is 113 Å². The Hall–Kier alpha value is -3.18. The number of amides is 1. The zero-order valence-electron chi connectivity index (χ0n) is 18.9. The first-order chi connectivity index (χ1) is 15.7. The number of carbonyl (C=O) groups excluding carboxylic acids is 1. The number of methoxy groups -OCH3 is 1. The highest BCUT2D eigenvalue weighted by molar-refractivity contribution is 7.89. The average Bonchev–Trinajstić information content (AvgIpc) is 2.83. The molecule has 1 aliphatic heterocycles. The van der Waals surface area contributed by atoms with Crippen molar-refractivity contribution in [2.75, 3.05) is 51.3 Å². The number of rotatable bonds is 8. The van der Waals surface area contributed by atoms with Gasteiger partial charge < -0.3 is 14.5 Å². The maximum atomic E-state index is 12.8. The SMILES string of the molecule is CCN(CC)S(=O)(=O)c1ccc(N2CCN(C(=O)c3cccc(OC)c3)CC2)c([N+](=O)[O-])c1. The Balaban J connectivity index is 1.79. The molecule has 2 aromatic carbocycles. The van der Waals surface area contributed by atoms with Crippen molar-refractivity contribution in [2.24, 2.45) is 0 Å². The van der Waals surface area contributed by atoms with Gasteiger partial charge in [0.2, 0.25) is 10.0 Å². The number of ether oxygens (including phenoxy) is 1. The molecular weight excluding hydrogens is 448 g/mol. The molecular formula is C22H28N4O6S. The summed E-state index contributed by atoms with van der Waals surface area (Å²) in [6, 6.07) is 10.9. The van der Waals surface area contributed by atoms with Crippen LogP contribution in [0.5, 0.6) is 5.75 Å². The molecule has 0 saturated carbocycles. The van der Waals surface area contributed by atoms with E-state index in [1.54, 1.807) is 47.9 Å². The fourth-order valence-electron chi connectivity index (χ4n) is 3.88. The van der Waals surface area contributed by atoms with E-state index < -0.39 is 14.9 Å². The van der Waals surface area contributed by atoms with Crippen molar-refractivity contribution in [3.05, 3.63) is 58.1 Å². The van der Waals surface area contributed by atoms with E-state index in [9.17, 15) is 23.3 Å². The third-order valence-electron chi connectivity index (χ3n) is 5.71. The van der Waals surface area contributed by atoms with Crippen LogP contribution in [0.2, 0.25) is 0 Å². The minimum atomic E-state index is -3.81. The minimum absolute atomic E-state index is 0.103. The van der Waals surface area contributed by atoms with Crippen LogP contribution >= 0.6 is 0 Å². The quantitative estimate of drug-likeness (QED) is 0.425. The molecule has 0 bridgehead atoms. The van der Waals surface area contributed by atoms with Crippen LogP contribution in [0.4, 0.5) is 11.4 Å². The highest BCUT2D eigenvalue weighted by Gasteiger charge is 2.30. The van der Waals surface area contributed by atoms with Gasteiger partial charge in [0.05, 0.1) is 16.9 Å². The monoisotopic (exact) mass is 476 g/mol. The van der Waals surface area contributed by atoms with Crippen molar-refractivity contribution in [2.45, 2.75) is 18.7 Å². The van der Waals surface area contributed by atoms with E-state index in [1.165, 1.54) is 23.5 Å². The molecule has 1 heterocycles. The van der Waals surface area contributed by atoms with Crippen molar-refractivity contribution >= 4 is 27.3 Å². The molecule has 0 aromatic heterocycles. The van der Waals surface area contributed by atoms with E-state index in [4.69, 9.17) is 4.74 Å². The molecule has 1 saturated heterocycles. The Kier molecular flexibility index (Phi) is 7.54. The number of nitrogens with zero attached hydrogens (tertiary/aromatic N) is 4. The fraction of sp³-hybridized carbons (Fsp3) is 0.409. The lowest BCUT2D eigenvalue weighted by molar-refractivity contribution is -0.384. The van der Waals surface area contributed by atoms with Crippen molar-refractivity contribution in [1.29, 1.82) is 0 Å². The fourth-order valence-corrected chi connectivity index (χ4v) is 5.36. The standard InChI is InChI=1S/C22H28N4O6S/c1-4-25(5-2)33(30,31)19-9-10-20(21(16-19)26(28)29)23-11-13-24(14-12-23)22(27)17-7-6-8-18(15-17)32-3/h6-10,15-16H,4-5,11-14H2,1-3H3. The van der Waals surface area contributed by atoms with Crippen molar-refractivity contribution in [3.8, 4) is 5.75 Å². The van der Waals surface area contributed by atoms with E-state index in [0.29, 0.717) is 43.2 Å².